The zero-order valence-corrected chi connectivity index (χ0v) is 18.5. The first kappa shape index (κ1) is 19.4. The number of alkyl halides is 2. The van der Waals surface area contributed by atoms with Gasteiger partial charge in [-0.15, -0.1) is 0 Å². The molecule has 140 valence electrons. The molecule has 4 aromatic rings. The molecule has 0 N–H and O–H groups in total. The minimum Gasteiger partial charge on any atom is -0.298 e. The molecular formula is C25H20Br2O. The highest BCUT2D eigenvalue weighted by molar-refractivity contribution is 9.09. The summed E-state index contributed by atoms with van der Waals surface area (Å²) in [4.78, 5) is 13.5. The third kappa shape index (κ3) is 3.78. The molecule has 2 unspecified atom stereocenters. The van der Waals surface area contributed by atoms with E-state index in [1.54, 1.807) is 0 Å². The topological polar surface area (TPSA) is 17.1 Å². The van der Waals surface area contributed by atoms with Gasteiger partial charge in [-0.25, -0.2) is 0 Å². The summed E-state index contributed by atoms with van der Waals surface area (Å²) in [6, 6.07) is 29.2. The molecule has 0 bridgehead atoms. The van der Waals surface area contributed by atoms with Crippen LogP contribution in [0.15, 0.2) is 84.9 Å². The van der Waals surface area contributed by atoms with Gasteiger partial charge in [0.15, 0.2) is 0 Å². The minimum atomic E-state index is -0.182. The molecule has 0 aromatic heterocycles. The summed E-state index contributed by atoms with van der Waals surface area (Å²) in [7, 11) is 0. The van der Waals surface area contributed by atoms with Crippen LogP contribution in [-0.2, 0) is 4.79 Å². The van der Waals surface area contributed by atoms with E-state index in [1.165, 1.54) is 21.5 Å². The Morgan fingerprint density at radius 3 is 1.39 bits per heavy atom. The number of hydrogen-bond acceptors (Lipinski definition) is 1. The highest BCUT2D eigenvalue weighted by Gasteiger charge is 2.28. The lowest BCUT2D eigenvalue weighted by atomic mass is 9.84. The Morgan fingerprint density at radius 1 is 0.607 bits per heavy atom. The lowest BCUT2D eigenvalue weighted by Crippen LogP contribution is -2.23. The molecule has 0 saturated carbocycles. The lowest BCUT2D eigenvalue weighted by Gasteiger charge is -2.21. The smallest absolute Gasteiger partial charge is 0.149 e. The van der Waals surface area contributed by atoms with Crippen molar-refractivity contribution in [3.05, 3.63) is 96.1 Å². The molecule has 3 heteroatoms. The van der Waals surface area contributed by atoms with Crippen LogP contribution in [0, 0.1) is 0 Å². The van der Waals surface area contributed by atoms with Crippen LogP contribution in [-0.4, -0.2) is 16.4 Å². The Labute approximate surface area is 182 Å². The minimum absolute atomic E-state index is 0.182. The number of benzene rings is 4. The normalized spacial score (nSPS) is 13.5. The molecule has 0 aliphatic rings. The van der Waals surface area contributed by atoms with E-state index >= 15 is 0 Å². The van der Waals surface area contributed by atoms with Gasteiger partial charge >= 0.3 is 0 Å². The number of carbonyl (C=O) groups excluding carboxylic acids is 1. The van der Waals surface area contributed by atoms with Crippen LogP contribution in [0.4, 0.5) is 0 Å². The van der Waals surface area contributed by atoms with Crippen molar-refractivity contribution in [2.24, 2.45) is 0 Å². The summed E-state index contributed by atoms with van der Waals surface area (Å²) in [5.74, 6) is -0.128. The van der Waals surface area contributed by atoms with Crippen molar-refractivity contribution in [3.63, 3.8) is 0 Å². The SMILES string of the molecule is O=C(C(CBr)c1ccc2ccccc2c1)C(CBr)c1ccc2ccccc2c1. The highest BCUT2D eigenvalue weighted by Crippen LogP contribution is 2.32. The maximum atomic E-state index is 13.5. The number of fused-ring (bicyclic) bond motifs is 2. The van der Waals surface area contributed by atoms with Crippen molar-refractivity contribution in [1.29, 1.82) is 0 Å². The molecule has 0 aliphatic heterocycles. The van der Waals surface area contributed by atoms with Crippen molar-refractivity contribution in [2.75, 3.05) is 10.7 Å². The van der Waals surface area contributed by atoms with Gasteiger partial charge in [0.25, 0.3) is 0 Å². The molecule has 0 fully saturated rings. The van der Waals surface area contributed by atoms with Crippen LogP contribution in [0.25, 0.3) is 21.5 Å². The Hall–Kier alpha value is -1.97. The Bertz CT molecular complexity index is 1050. The van der Waals surface area contributed by atoms with Gasteiger partial charge in [0.1, 0.15) is 5.78 Å². The van der Waals surface area contributed by atoms with Crippen LogP contribution in [0.3, 0.4) is 0 Å². The summed E-state index contributed by atoms with van der Waals surface area (Å²) in [5, 5.41) is 5.94. The van der Waals surface area contributed by atoms with E-state index < -0.39 is 0 Å². The summed E-state index contributed by atoms with van der Waals surface area (Å²) in [5.41, 5.74) is 2.12. The molecule has 0 aliphatic carbocycles. The average Bonchev–Trinajstić information content (AvgIpc) is 2.74. The van der Waals surface area contributed by atoms with Gasteiger partial charge in [0, 0.05) is 10.7 Å². The number of carbonyl (C=O) groups is 1. The maximum Gasteiger partial charge on any atom is 0.149 e. The maximum absolute atomic E-state index is 13.5. The number of ketones is 1. The van der Waals surface area contributed by atoms with Gasteiger partial charge in [0.05, 0.1) is 11.8 Å². The Morgan fingerprint density at radius 2 is 1.00 bits per heavy atom. The van der Waals surface area contributed by atoms with Crippen molar-refractivity contribution >= 4 is 59.2 Å². The van der Waals surface area contributed by atoms with E-state index in [9.17, 15) is 4.79 Å². The van der Waals surface area contributed by atoms with Crippen LogP contribution in [0.5, 0.6) is 0 Å². The van der Waals surface area contributed by atoms with Crippen molar-refractivity contribution in [2.45, 2.75) is 11.8 Å². The fourth-order valence-corrected chi connectivity index (χ4v) is 5.14. The van der Waals surface area contributed by atoms with Gasteiger partial charge < -0.3 is 0 Å². The van der Waals surface area contributed by atoms with E-state index in [0.717, 1.165) is 11.1 Å². The predicted octanol–water partition coefficient (Wildman–Crippen LogP) is 7.22. The Balaban J connectivity index is 1.70. The fourth-order valence-electron chi connectivity index (χ4n) is 3.75. The zero-order chi connectivity index (χ0) is 19.5. The van der Waals surface area contributed by atoms with Crippen molar-refractivity contribution in [3.8, 4) is 0 Å². The summed E-state index contributed by atoms with van der Waals surface area (Å²) in [6.07, 6.45) is 0. The first-order valence-electron chi connectivity index (χ1n) is 9.34. The van der Waals surface area contributed by atoms with E-state index in [-0.39, 0.29) is 17.6 Å². The van der Waals surface area contributed by atoms with Gasteiger partial charge in [-0.2, -0.15) is 0 Å². The molecule has 28 heavy (non-hydrogen) atoms. The molecule has 0 amide bonds. The molecule has 2 atom stereocenters. The first-order valence-corrected chi connectivity index (χ1v) is 11.6. The second-order valence-corrected chi connectivity index (χ2v) is 8.32. The van der Waals surface area contributed by atoms with Gasteiger partial charge in [0.2, 0.25) is 0 Å². The summed E-state index contributed by atoms with van der Waals surface area (Å²) in [6.45, 7) is 0. The summed E-state index contributed by atoms with van der Waals surface area (Å²) >= 11 is 7.18. The van der Waals surface area contributed by atoms with E-state index in [1.807, 2.05) is 24.3 Å². The first-order chi connectivity index (χ1) is 13.7. The molecule has 0 radical (unpaired) electrons. The second-order valence-electron chi connectivity index (χ2n) is 7.03. The standard InChI is InChI=1S/C25H20Br2O/c26-15-23(21-11-9-17-5-1-3-7-19(17)13-21)25(28)24(16-27)22-12-10-18-6-2-4-8-20(18)14-22/h1-14,23-24H,15-16H2. The van der Waals surface area contributed by atoms with Crippen LogP contribution >= 0.6 is 31.9 Å². The molecule has 4 rings (SSSR count). The molecule has 1 nitrogen and oxygen atoms in total. The van der Waals surface area contributed by atoms with Crippen LogP contribution < -0.4 is 0 Å². The largest absolute Gasteiger partial charge is 0.298 e. The van der Waals surface area contributed by atoms with Gasteiger partial charge in [-0.05, 0) is 32.7 Å². The molecule has 0 heterocycles. The number of halogens is 2. The third-order valence-electron chi connectivity index (χ3n) is 5.35. The molecule has 0 spiro atoms. The quantitative estimate of drug-likeness (QED) is 0.258. The predicted molar refractivity (Wildman–Crippen MR) is 126 cm³/mol. The van der Waals surface area contributed by atoms with E-state index in [2.05, 4.69) is 92.5 Å². The number of hydrogen-bond donors (Lipinski definition) is 0. The van der Waals surface area contributed by atoms with E-state index in [0.29, 0.717) is 10.7 Å². The van der Waals surface area contributed by atoms with Gasteiger partial charge in [-0.1, -0.05) is 117 Å². The Kier molecular flexibility index (Phi) is 5.93. The van der Waals surface area contributed by atoms with Gasteiger partial charge in [-0.3, -0.25) is 4.79 Å². The summed E-state index contributed by atoms with van der Waals surface area (Å²) < 4.78 is 0. The van der Waals surface area contributed by atoms with E-state index in [4.69, 9.17) is 0 Å². The average molecular weight is 496 g/mol. The number of rotatable bonds is 6. The monoisotopic (exact) mass is 494 g/mol. The van der Waals surface area contributed by atoms with Crippen molar-refractivity contribution < 1.29 is 4.79 Å². The molecular weight excluding hydrogens is 476 g/mol. The second kappa shape index (κ2) is 8.59. The number of Topliss-reactive ketones (excluding diaryl/α,β-unsaturated/α-hetero) is 1. The lowest BCUT2D eigenvalue weighted by molar-refractivity contribution is -0.121. The highest BCUT2D eigenvalue weighted by atomic mass is 79.9. The fraction of sp³-hybridized carbons (Fsp3) is 0.160. The third-order valence-corrected chi connectivity index (χ3v) is 6.64. The zero-order valence-electron chi connectivity index (χ0n) is 15.3. The van der Waals surface area contributed by atoms with Crippen LogP contribution in [0.1, 0.15) is 23.0 Å². The molecule has 0 saturated heterocycles. The van der Waals surface area contributed by atoms with Crippen molar-refractivity contribution in [1.82, 2.24) is 0 Å². The molecule has 4 aromatic carbocycles. The van der Waals surface area contributed by atoms with Crippen LogP contribution in [0.2, 0.25) is 0 Å².